The number of carbonyl (C=O) groups is 2. The Morgan fingerprint density at radius 1 is 1.30 bits per heavy atom. The lowest BCUT2D eigenvalue weighted by molar-refractivity contribution is -0.124. The summed E-state index contributed by atoms with van der Waals surface area (Å²) in [5, 5.41) is 14.5. The van der Waals surface area contributed by atoms with Gasteiger partial charge in [0.15, 0.2) is 0 Å². The number of ether oxygens (including phenoxy) is 2. The maximum Gasteiger partial charge on any atom is 0.272 e. The smallest absolute Gasteiger partial charge is 0.272 e. The summed E-state index contributed by atoms with van der Waals surface area (Å²) in [5.74, 6) is 1.34. The zero-order valence-electron chi connectivity index (χ0n) is 21.6. The summed E-state index contributed by atoms with van der Waals surface area (Å²) in [6.45, 7) is 5.48. The molecule has 0 aliphatic carbocycles. The van der Waals surface area contributed by atoms with Crippen LogP contribution in [0.15, 0.2) is 28.5 Å². The van der Waals surface area contributed by atoms with E-state index in [0.29, 0.717) is 31.0 Å². The van der Waals surface area contributed by atoms with Gasteiger partial charge in [-0.2, -0.15) is 16.4 Å². The predicted molar refractivity (Wildman–Crippen MR) is 145 cm³/mol. The minimum atomic E-state index is -0.102. The van der Waals surface area contributed by atoms with Crippen LogP contribution >= 0.6 is 11.3 Å². The molecule has 3 aromatic rings. The fraction of sp³-hybridized carbons (Fsp3) is 0.393. The van der Waals surface area contributed by atoms with Crippen LogP contribution in [0.2, 0.25) is 0 Å². The second kappa shape index (κ2) is 10.4. The standard InChI is InChI=1S/C28H32N4O4S/c1-16(2)12-19-13-20-23-21(14-36-26(20)22(25(19)35-4)18-8-11-37-15-18)24(31-30-23)28(34)32-9-5-6-17(7-10-32)27(33)29-3/h8,11-13,15,17H,5-7,9-10,14H2,1-4H3,(H,29,33)(H,30,31). The first-order valence-electron chi connectivity index (χ1n) is 12.6. The van der Waals surface area contributed by atoms with Crippen molar-refractivity contribution in [3.05, 3.63) is 45.3 Å². The molecule has 2 amide bonds. The van der Waals surface area contributed by atoms with E-state index < -0.39 is 0 Å². The van der Waals surface area contributed by atoms with Crippen molar-refractivity contribution in [3.63, 3.8) is 0 Å². The first kappa shape index (κ1) is 25.1. The molecule has 0 radical (unpaired) electrons. The predicted octanol–water partition coefficient (Wildman–Crippen LogP) is 5.12. The molecular weight excluding hydrogens is 488 g/mol. The van der Waals surface area contributed by atoms with Crippen LogP contribution in [0.25, 0.3) is 28.5 Å². The van der Waals surface area contributed by atoms with Gasteiger partial charge < -0.3 is 19.7 Å². The molecule has 8 nitrogen and oxygen atoms in total. The van der Waals surface area contributed by atoms with Crippen LogP contribution in [0.5, 0.6) is 11.5 Å². The fourth-order valence-corrected chi connectivity index (χ4v) is 5.92. The molecule has 0 saturated carbocycles. The van der Waals surface area contributed by atoms with Crippen molar-refractivity contribution in [2.24, 2.45) is 5.92 Å². The number of hydrogen-bond donors (Lipinski definition) is 2. The highest BCUT2D eigenvalue weighted by Gasteiger charge is 2.33. The Morgan fingerprint density at radius 3 is 2.84 bits per heavy atom. The molecule has 1 atom stereocenters. The molecule has 2 N–H and O–H groups in total. The number of likely N-dealkylation sites (tertiary alicyclic amines) is 1. The summed E-state index contributed by atoms with van der Waals surface area (Å²) >= 11 is 1.61. The van der Waals surface area contributed by atoms with Gasteiger partial charge in [-0.05, 0) is 61.6 Å². The first-order valence-corrected chi connectivity index (χ1v) is 13.5. The molecule has 194 valence electrons. The average molecular weight is 521 g/mol. The lowest BCUT2D eigenvalue weighted by Crippen LogP contribution is -2.34. The van der Waals surface area contributed by atoms with E-state index in [1.807, 2.05) is 30.2 Å². The first-order chi connectivity index (χ1) is 17.9. The third-order valence-electron chi connectivity index (χ3n) is 7.05. The second-order valence-electron chi connectivity index (χ2n) is 9.73. The third kappa shape index (κ3) is 4.64. The quantitative estimate of drug-likeness (QED) is 0.487. The molecule has 5 rings (SSSR count). The van der Waals surface area contributed by atoms with Crippen molar-refractivity contribution in [2.75, 3.05) is 27.2 Å². The second-order valence-corrected chi connectivity index (χ2v) is 10.5. The van der Waals surface area contributed by atoms with E-state index in [0.717, 1.165) is 57.7 Å². The topological polar surface area (TPSA) is 96.6 Å². The fourth-order valence-electron chi connectivity index (χ4n) is 5.28. The van der Waals surface area contributed by atoms with Crippen LogP contribution in [-0.4, -0.2) is 54.2 Å². The molecule has 2 aromatic heterocycles. The molecule has 37 heavy (non-hydrogen) atoms. The minimum Gasteiger partial charge on any atom is -0.495 e. The van der Waals surface area contributed by atoms with Crippen molar-refractivity contribution < 1.29 is 19.1 Å². The van der Waals surface area contributed by atoms with Gasteiger partial charge in [-0.3, -0.25) is 14.7 Å². The van der Waals surface area contributed by atoms with Gasteiger partial charge >= 0.3 is 0 Å². The van der Waals surface area contributed by atoms with Gasteiger partial charge in [0.1, 0.15) is 29.5 Å². The van der Waals surface area contributed by atoms with Crippen LogP contribution in [0.1, 0.15) is 54.7 Å². The Balaban J connectivity index is 1.54. The number of carbonyl (C=O) groups excluding carboxylic acids is 2. The van der Waals surface area contributed by atoms with Gasteiger partial charge in [0, 0.05) is 42.7 Å². The van der Waals surface area contributed by atoms with E-state index in [9.17, 15) is 9.59 Å². The van der Waals surface area contributed by atoms with Gasteiger partial charge in [0.25, 0.3) is 5.91 Å². The number of hydrogen-bond acceptors (Lipinski definition) is 6. The lowest BCUT2D eigenvalue weighted by atomic mass is 9.92. The van der Waals surface area contributed by atoms with E-state index in [1.54, 1.807) is 25.5 Å². The summed E-state index contributed by atoms with van der Waals surface area (Å²) in [6, 6.07) is 4.09. The zero-order valence-corrected chi connectivity index (χ0v) is 22.5. The Kier molecular flexibility index (Phi) is 7.06. The van der Waals surface area contributed by atoms with Gasteiger partial charge in [0.05, 0.1) is 12.7 Å². The molecule has 1 aromatic carbocycles. The number of aromatic nitrogens is 2. The van der Waals surface area contributed by atoms with E-state index in [4.69, 9.17) is 9.47 Å². The lowest BCUT2D eigenvalue weighted by Gasteiger charge is -2.25. The number of methoxy groups -OCH3 is 1. The number of nitrogens with one attached hydrogen (secondary N) is 2. The summed E-state index contributed by atoms with van der Waals surface area (Å²) in [6.07, 6.45) is 4.30. The van der Waals surface area contributed by atoms with E-state index in [1.165, 1.54) is 0 Å². The maximum atomic E-state index is 13.6. The number of amides is 2. The van der Waals surface area contributed by atoms with Crippen molar-refractivity contribution in [3.8, 4) is 33.9 Å². The molecule has 9 heteroatoms. The van der Waals surface area contributed by atoms with Crippen LogP contribution in [-0.2, 0) is 11.4 Å². The molecule has 1 saturated heterocycles. The zero-order chi connectivity index (χ0) is 26.1. The minimum absolute atomic E-state index is 0.0438. The van der Waals surface area contributed by atoms with Gasteiger partial charge in [-0.1, -0.05) is 11.6 Å². The molecule has 0 bridgehead atoms. The number of thiophene rings is 1. The summed E-state index contributed by atoms with van der Waals surface area (Å²) in [7, 11) is 3.34. The number of benzene rings is 1. The third-order valence-corrected chi connectivity index (χ3v) is 7.73. The normalized spacial score (nSPS) is 16.6. The number of fused-ring (bicyclic) bond motifs is 3. The number of rotatable bonds is 5. The maximum absolute atomic E-state index is 13.6. The Morgan fingerprint density at radius 2 is 2.14 bits per heavy atom. The van der Waals surface area contributed by atoms with Crippen LogP contribution in [0.3, 0.4) is 0 Å². The van der Waals surface area contributed by atoms with Gasteiger partial charge in [0.2, 0.25) is 5.91 Å². The molecule has 2 aliphatic heterocycles. The van der Waals surface area contributed by atoms with Crippen LogP contribution < -0.4 is 14.8 Å². The van der Waals surface area contributed by atoms with Crippen molar-refractivity contribution in [1.82, 2.24) is 20.4 Å². The molecule has 4 heterocycles. The van der Waals surface area contributed by atoms with Crippen molar-refractivity contribution >= 4 is 29.2 Å². The number of allylic oxidation sites excluding steroid dienone is 1. The van der Waals surface area contributed by atoms with E-state index >= 15 is 0 Å². The summed E-state index contributed by atoms with van der Waals surface area (Å²) < 4.78 is 12.2. The Bertz CT molecular complexity index is 1350. The highest BCUT2D eigenvalue weighted by molar-refractivity contribution is 7.08. The monoisotopic (exact) mass is 520 g/mol. The van der Waals surface area contributed by atoms with E-state index in [-0.39, 0.29) is 24.3 Å². The summed E-state index contributed by atoms with van der Waals surface area (Å²) in [5.41, 5.74) is 6.76. The molecule has 1 fully saturated rings. The average Bonchev–Trinajstić information content (AvgIpc) is 3.51. The highest BCUT2D eigenvalue weighted by atomic mass is 32.1. The number of H-pyrrole nitrogens is 1. The van der Waals surface area contributed by atoms with Gasteiger partial charge in [-0.15, -0.1) is 0 Å². The van der Waals surface area contributed by atoms with E-state index in [2.05, 4.69) is 33.0 Å². The Labute approximate surface area is 220 Å². The SMILES string of the molecule is CNC(=O)C1CCCN(C(=O)c2[nH]nc3c2COc2c-3cc(C=C(C)C)c(OC)c2-c2ccsc2)CC1. The van der Waals surface area contributed by atoms with Gasteiger partial charge in [-0.25, -0.2) is 0 Å². The van der Waals surface area contributed by atoms with Crippen LogP contribution in [0.4, 0.5) is 0 Å². The molecule has 1 unspecified atom stereocenters. The largest absolute Gasteiger partial charge is 0.495 e. The molecular formula is C28H32N4O4S. The van der Waals surface area contributed by atoms with Crippen molar-refractivity contribution in [1.29, 1.82) is 0 Å². The van der Waals surface area contributed by atoms with Crippen molar-refractivity contribution in [2.45, 2.75) is 39.7 Å². The number of nitrogens with zero attached hydrogens (tertiary/aromatic N) is 2. The molecule has 2 aliphatic rings. The Hall–Kier alpha value is -3.59. The highest BCUT2D eigenvalue weighted by Crippen LogP contribution is 2.50. The molecule has 0 spiro atoms. The summed E-state index contributed by atoms with van der Waals surface area (Å²) in [4.78, 5) is 27.5. The number of aromatic amines is 1. The van der Waals surface area contributed by atoms with Crippen LogP contribution in [0, 0.1) is 5.92 Å².